The van der Waals surface area contributed by atoms with Gasteiger partial charge in [0, 0.05) is 17.1 Å². The largest absolute Gasteiger partial charge is 0.385 e. The van der Waals surface area contributed by atoms with Crippen LogP contribution in [0.2, 0.25) is 0 Å². The first kappa shape index (κ1) is 20.5. The van der Waals surface area contributed by atoms with Crippen molar-refractivity contribution in [2.45, 2.75) is 44.3 Å². The molecule has 1 aliphatic heterocycles. The van der Waals surface area contributed by atoms with Gasteiger partial charge in [0.25, 0.3) is 6.43 Å². The van der Waals surface area contributed by atoms with E-state index in [2.05, 4.69) is 16.5 Å². The van der Waals surface area contributed by atoms with Gasteiger partial charge in [0.05, 0.1) is 5.69 Å². The monoisotopic (exact) mass is 419 g/mol. The fourth-order valence-electron chi connectivity index (χ4n) is 3.83. The van der Waals surface area contributed by atoms with E-state index >= 15 is 0 Å². The first-order chi connectivity index (χ1) is 14.1. The van der Waals surface area contributed by atoms with Crippen molar-refractivity contribution in [3.05, 3.63) is 66.0 Å². The lowest BCUT2D eigenvalue weighted by atomic mass is 9.87. The molecular formula is C21H20F3N3O3. The van der Waals surface area contributed by atoms with Crippen LogP contribution in [0.4, 0.5) is 13.2 Å². The predicted molar refractivity (Wildman–Crippen MR) is 103 cm³/mol. The van der Waals surface area contributed by atoms with Gasteiger partial charge in [-0.1, -0.05) is 6.58 Å². The quantitative estimate of drug-likeness (QED) is 0.676. The Morgan fingerprint density at radius 3 is 2.73 bits per heavy atom. The van der Waals surface area contributed by atoms with E-state index < -0.39 is 41.8 Å². The summed E-state index contributed by atoms with van der Waals surface area (Å²) in [5.41, 5.74) is -0.969. The van der Waals surface area contributed by atoms with Crippen molar-refractivity contribution in [2.24, 2.45) is 0 Å². The third-order valence-corrected chi connectivity index (χ3v) is 5.52. The molecule has 3 aromatic rings. The lowest BCUT2D eigenvalue weighted by Gasteiger charge is -2.28. The van der Waals surface area contributed by atoms with Crippen molar-refractivity contribution in [2.75, 3.05) is 0 Å². The van der Waals surface area contributed by atoms with Gasteiger partial charge in [-0.15, -0.1) is 0 Å². The van der Waals surface area contributed by atoms with Crippen LogP contribution in [0.3, 0.4) is 0 Å². The van der Waals surface area contributed by atoms with Crippen molar-refractivity contribution in [3.63, 3.8) is 0 Å². The maximum Gasteiger partial charge on any atom is 0.263 e. The van der Waals surface area contributed by atoms with Crippen molar-refractivity contribution in [3.8, 4) is 0 Å². The number of aryl methyl sites for hydroxylation is 1. The number of hydrogen-bond acceptors (Lipinski definition) is 5. The fraction of sp³-hybridized carbons (Fsp3) is 0.333. The third-order valence-electron chi connectivity index (χ3n) is 5.52. The molecule has 2 aromatic heterocycles. The maximum absolute atomic E-state index is 13.9. The van der Waals surface area contributed by atoms with Crippen LogP contribution in [0, 0.1) is 12.7 Å². The Labute approximate surface area is 170 Å². The molecule has 1 aromatic carbocycles. The van der Waals surface area contributed by atoms with Crippen molar-refractivity contribution >= 4 is 16.6 Å². The van der Waals surface area contributed by atoms with E-state index in [9.17, 15) is 23.4 Å². The molecular weight excluding hydrogens is 399 g/mol. The number of hydrogen-bond donors (Lipinski definition) is 2. The van der Waals surface area contributed by atoms with Crippen LogP contribution in [0.1, 0.15) is 36.4 Å². The van der Waals surface area contributed by atoms with Gasteiger partial charge in [0.2, 0.25) is 0 Å². The van der Waals surface area contributed by atoms with Crippen LogP contribution in [-0.2, 0) is 4.74 Å². The number of nitrogens with zero attached hydrogens (tertiary/aromatic N) is 3. The van der Waals surface area contributed by atoms with Gasteiger partial charge in [-0.2, -0.15) is 0 Å². The second-order valence-corrected chi connectivity index (χ2v) is 7.60. The number of aliphatic hydroxyl groups excluding tert-OH is 1. The summed E-state index contributed by atoms with van der Waals surface area (Å²) in [7, 11) is 0. The van der Waals surface area contributed by atoms with E-state index in [4.69, 9.17) is 4.74 Å². The minimum Gasteiger partial charge on any atom is -0.385 e. The number of alkyl halides is 2. The summed E-state index contributed by atoms with van der Waals surface area (Å²) in [5, 5.41) is 22.5. The van der Waals surface area contributed by atoms with E-state index in [1.54, 1.807) is 16.8 Å². The van der Waals surface area contributed by atoms with Crippen LogP contribution >= 0.6 is 0 Å². The molecule has 4 atom stereocenters. The zero-order valence-electron chi connectivity index (χ0n) is 16.3. The van der Waals surface area contributed by atoms with E-state index in [0.717, 1.165) is 29.3 Å². The Hall–Kier alpha value is -2.75. The van der Waals surface area contributed by atoms with Crippen molar-refractivity contribution in [1.82, 2.24) is 14.5 Å². The molecule has 0 unspecified atom stereocenters. The molecule has 0 saturated carbocycles. The van der Waals surface area contributed by atoms with E-state index in [0.29, 0.717) is 5.65 Å². The fourth-order valence-corrected chi connectivity index (χ4v) is 3.83. The second kappa shape index (κ2) is 7.19. The molecule has 0 bridgehead atoms. The highest BCUT2D eigenvalue weighted by molar-refractivity contribution is 5.78. The lowest BCUT2D eigenvalue weighted by Crippen LogP contribution is -2.45. The van der Waals surface area contributed by atoms with Crippen molar-refractivity contribution in [1.29, 1.82) is 0 Å². The SMILES string of the molecule is C=C(c1cc(F)cc(C(F)F)c1)[C@H]1O[C@@H](n2ccc3c(C)ncnc32)[C@H](O)[C@]1(C)O. The van der Waals surface area contributed by atoms with Gasteiger partial charge < -0.3 is 19.5 Å². The first-order valence-corrected chi connectivity index (χ1v) is 9.23. The number of aliphatic hydroxyl groups is 2. The molecule has 0 spiro atoms. The molecule has 6 nitrogen and oxygen atoms in total. The molecule has 0 aliphatic carbocycles. The number of ether oxygens (including phenoxy) is 1. The van der Waals surface area contributed by atoms with Crippen LogP contribution < -0.4 is 0 Å². The highest BCUT2D eigenvalue weighted by atomic mass is 19.3. The van der Waals surface area contributed by atoms with Crippen LogP contribution in [-0.4, -0.2) is 42.6 Å². The van der Waals surface area contributed by atoms with Gasteiger partial charge in [-0.3, -0.25) is 0 Å². The second-order valence-electron chi connectivity index (χ2n) is 7.60. The zero-order chi connectivity index (χ0) is 21.8. The highest BCUT2D eigenvalue weighted by Gasteiger charge is 2.54. The van der Waals surface area contributed by atoms with Crippen LogP contribution in [0.5, 0.6) is 0 Å². The summed E-state index contributed by atoms with van der Waals surface area (Å²) in [6.07, 6.45) is -3.44. The average Bonchev–Trinajstić information content (AvgIpc) is 3.21. The summed E-state index contributed by atoms with van der Waals surface area (Å²) in [4.78, 5) is 8.34. The number of fused-ring (bicyclic) bond motifs is 1. The average molecular weight is 419 g/mol. The Kier molecular flexibility index (Phi) is 4.92. The van der Waals surface area contributed by atoms with Gasteiger partial charge in [0.1, 0.15) is 35.6 Å². The molecule has 1 fully saturated rings. The van der Waals surface area contributed by atoms with Gasteiger partial charge in [-0.25, -0.2) is 23.1 Å². The lowest BCUT2D eigenvalue weighted by molar-refractivity contribution is -0.0524. The molecule has 4 rings (SSSR count). The summed E-state index contributed by atoms with van der Waals surface area (Å²) in [5.74, 6) is -0.859. The summed E-state index contributed by atoms with van der Waals surface area (Å²) in [6, 6.07) is 4.63. The molecule has 2 N–H and O–H groups in total. The van der Waals surface area contributed by atoms with Gasteiger partial charge >= 0.3 is 0 Å². The third kappa shape index (κ3) is 3.19. The van der Waals surface area contributed by atoms with Gasteiger partial charge in [0.15, 0.2) is 6.23 Å². The van der Waals surface area contributed by atoms with E-state index in [1.165, 1.54) is 13.3 Å². The number of benzene rings is 1. The van der Waals surface area contributed by atoms with Crippen LogP contribution in [0.15, 0.2) is 43.4 Å². The molecule has 1 aliphatic rings. The standard InChI is InChI=1S/C21H20F3N3O3/c1-10(12-6-13(18(23)24)8-14(22)7-12)17-21(3,29)16(28)20(30-17)27-5-4-15-11(2)25-9-26-19(15)27/h4-9,16-18,20,28-29H,1H2,2-3H3/t16-,17+,20+,21-/m0/s1. The smallest absolute Gasteiger partial charge is 0.263 e. The van der Waals surface area contributed by atoms with Crippen LogP contribution in [0.25, 0.3) is 16.6 Å². The number of aromatic nitrogens is 3. The number of rotatable bonds is 4. The Balaban J connectivity index is 1.72. The molecule has 1 saturated heterocycles. The molecule has 0 radical (unpaired) electrons. The van der Waals surface area contributed by atoms with Gasteiger partial charge in [-0.05, 0) is 49.2 Å². The Morgan fingerprint density at radius 1 is 1.30 bits per heavy atom. The van der Waals surface area contributed by atoms with E-state index in [1.807, 2.05) is 6.92 Å². The summed E-state index contributed by atoms with van der Waals surface area (Å²) < 4.78 is 47.5. The molecule has 158 valence electrons. The first-order valence-electron chi connectivity index (χ1n) is 9.23. The highest BCUT2D eigenvalue weighted by Crippen LogP contribution is 2.43. The molecule has 3 heterocycles. The topological polar surface area (TPSA) is 80.4 Å². The Bertz CT molecular complexity index is 1130. The molecule has 9 heteroatoms. The minimum absolute atomic E-state index is 0.0546. The van der Waals surface area contributed by atoms with Crippen molar-refractivity contribution < 1.29 is 28.1 Å². The molecule has 0 amide bonds. The predicted octanol–water partition coefficient (Wildman–Crippen LogP) is 3.54. The molecule has 30 heavy (non-hydrogen) atoms. The minimum atomic E-state index is -2.87. The number of halogens is 3. The summed E-state index contributed by atoms with van der Waals surface area (Å²) >= 11 is 0. The summed E-state index contributed by atoms with van der Waals surface area (Å²) in [6.45, 7) is 6.99. The normalized spacial score (nSPS) is 26.6. The zero-order valence-corrected chi connectivity index (χ0v) is 16.3. The Morgan fingerprint density at radius 2 is 2.03 bits per heavy atom. The van der Waals surface area contributed by atoms with E-state index in [-0.39, 0.29) is 11.1 Å². The maximum atomic E-state index is 13.9.